The van der Waals surface area contributed by atoms with Crippen molar-refractivity contribution in [1.29, 1.82) is 0 Å². The van der Waals surface area contributed by atoms with E-state index in [1.54, 1.807) is 0 Å². The number of nitrogens with zero attached hydrogens (tertiary/aromatic N) is 3. The molecule has 3 N–H and O–H groups in total. The largest absolute Gasteiger partial charge is 0.488 e. The van der Waals surface area contributed by atoms with Gasteiger partial charge in [-0.3, -0.25) is 4.79 Å². The lowest BCUT2D eigenvalue weighted by Crippen LogP contribution is -2.42. The maximum Gasteiger partial charge on any atom is 0.407 e. The molecule has 1 amide bonds. The van der Waals surface area contributed by atoms with Crippen LogP contribution in [0.1, 0.15) is 85.3 Å². The number of carbonyl (C=O) groups is 2. The number of rotatable bonds is 8. The number of likely N-dealkylation sites (N-methyl/N-ethyl adjacent to an activating group) is 1. The summed E-state index contributed by atoms with van der Waals surface area (Å²) in [6, 6.07) is 4.07. The van der Waals surface area contributed by atoms with Gasteiger partial charge < -0.3 is 30.2 Å². The standard InChI is InChI=1S/C31H45N5O5/c1-8-36(17-24(37)39-9-2)27-22-16-31(6,7)25-26(33-18-34-28(25)32)21(22)14-15-23(27)40-20-12-10-19(11-13-20)35-29(38)41-30(3,4)5/h14-15,18-20H,8-13,16-17H2,1-7H3,(H,35,38)(H2,32,33,34). The van der Waals surface area contributed by atoms with Crippen LogP contribution in [0.3, 0.4) is 0 Å². The number of ether oxygens (including phenoxy) is 3. The van der Waals surface area contributed by atoms with Crippen LogP contribution < -0.4 is 20.7 Å². The smallest absolute Gasteiger partial charge is 0.407 e. The van der Waals surface area contributed by atoms with E-state index in [4.69, 9.17) is 19.9 Å². The van der Waals surface area contributed by atoms with Crippen molar-refractivity contribution in [2.45, 2.75) is 104 Å². The Morgan fingerprint density at radius 2 is 1.83 bits per heavy atom. The van der Waals surface area contributed by atoms with Crippen molar-refractivity contribution in [2.24, 2.45) is 0 Å². The van der Waals surface area contributed by atoms with Gasteiger partial charge in [0.05, 0.1) is 24.1 Å². The second-order valence-corrected chi connectivity index (χ2v) is 12.5. The van der Waals surface area contributed by atoms with Gasteiger partial charge in [0.2, 0.25) is 0 Å². The molecule has 0 spiro atoms. The molecule has 2 aliphatic rings. The Bertz CT molecular complexity index is 1260. The predicted octanol–water partition coefficient (Wildman–Crippen LogP) is 5.16. The molecule has 1 saturated carbocycles. The first-order valence-corrected chi connectivity index (χ1v) is 14.7. The van der Waals surface area contributed by atoms with Gasteiger partial charge in [-0.15, -0.1) is 0 Å². The fourth-order valence-corrected chi connectivity index (χ4v) is 5.95. The minimum atomic E-state index is -0.533. The van der Waals surface area contributed by atoms with E-state index in [-0.39, 0.29) is 36.2 Å². The summed E-state index contributed by atoms with van der Waals surface area (Å²) in [4.78, 5) is 35.9. The summed E-state index contributed by atoms with van der Waals surface area (Å²) in [6.45, 7) is 14.7. The number of nitrogens with two attached hydrogens (primary N) is 1. The summed E-state index contributed by atoms with van der Waals surface area (Å²) < 4.78 is 17.4. The molecule has 10 nitrogen and oxygen atoms in total. The predicted molar refractivity (Wildman–Crippen MR) is 159 cm³/mol. The van der Waals surface area contributed by atoms with Crippen molar-refractivity contribution in [3.63, 3.8) is 0 Å². The first kappa shape index (κ1) is 30.4. The van der Waals surface area contributed by atoms with Crippen molar-refractivity contribution < 1.29 is 23.8 Å². The minimum Gasteiger partial charge on any atom is -0.488 e. The fraction of sp³-hybridized carbons (Fsp3) is 0.613. The Kier molecular flexibility index (Phi) is 8.99. The highest BCUT2D eigenvalue weighted by atomic mass is 16.6. The van der Waals surface area contributed by atoms with Crippen LogP contribution in [0.2, 0.25) is 0 Å². The van der Waals surface area contributed by atoms with Gasteiger partial charge in [0.1, 0.15) is 30.0 Å². The number of nitrogen functional groups attached to an aromatic ring is 1. The number of esters is 1. The molecule has 2 aromatic rings. The lowest BCUT2D eigenvalue weighted by molar-refractivity contribution is -0.141. The average molecular weight is 568 g/mol. The monoisotopic (exact) mass is 567 g/mol. The van der Waals surface area contributed by atoms with E-state index >= 15 is 0 Å². The molecule has 1 fully saturated rings. The molecule has 1 aromatic heterocycles. The number of benzene rings is 1. The topological polar surface area (TPSA) is 129 Å². The van der Waals surface area contributed by atoms with Crippen LogP contribution in [0.4, 0.5) is 16.3 Å². The summed E-state index contributed by atoms with van der Waals surface area (Å²) in [6.07, 6.45) is 4.95. The molecule has 4 rings (SSSR count). The quantitative estimate of drug-likeness (QED) is 0.415. The molecule has 10 heteroatoms. The van der Waals surface area contributed by atoms with Crippen molar-refractivity contribution in [2.75, 3.05) is 30.3 Å². The molecule has 0 radical (unpaired) electrons. The van der Waals surface area contributed by atoms with Gasteiger partial charge in [-0.25, -0.2) is 14.8 Å². The zero-order valence-corrected chi connectivity index (χ0v) is 25.5. The van der Waals surface area contributed by atoms with Gasteiger partial charge >= 0.3 is 12.1 Å². The number of amides is 1. The highest BCUT2D eigenvalue weighted by Gasteiger charge is 2.38. The van der Waals surface area contributed by atoms with Gasteiger partial charge in [0, 0.05) is 23.7 Å². The van der Waals surface area contributed by atoms with Crippen LogP contribution in [0, 0.1) is 0 Å². The maximum atomic E-state index is 12.6. The van der Waals surface area contributed by atoms with E-state index in [1.165, 1.54) is 6.33 Å². The summed E-state index contributed by atoms with van der Waals surface area (Å²) in [5.74, 6) is 0.941. The van der Waals surface area contributed by atoms with Gasteiger partial charge in [0.15, 0.2) is 0 Å². The van der Waals surface area contributed by atoms with Crippen LogP contribution in [-0.2, 0) is 26.1 Å². The van der Waals surface area contributed by atoms with E-state index in [0.717, 1.165) is 59.5 Å². The Morgan fingerprint density at radius 3 is 2.46 bits per heavy atom. The van der Waals surface area contributed by atoms with E-state index < -0.39 is 5.60 Å². The van der Waals surface area contributed by atoms with E-state index in [2.05, 4.69) is 29.1 Å². The molecule has 0 saturated heterocycles. The van der Waals surface area contributed by atoms with Crippen molar-refractivity contribution in [3.8, 4) is 17.0 Å². The SMILES string of the molecule is CCOC(=O)CN(CC)c1c(OC2CCC(NC(=O)OC(C)(C)C)CC2)ccc2c1CC(C)(C)c1c(N)ncnc1-2. The second kappa shape index (κ2) is 12.1. The normalized spacial score (nSPS) is 19.4. The number of hydrogen-bond donors (Lipinski definition) is 2. The molecule has 0 bridgehead atoms. The zero-order chi connectivity index (χ0) is 29.9. The average Bonchev–Trinajstić information content (AvgIpc) is 2.87. The van der Waals surface area contributed by atoms with Crippen molar-refractivity contribution in [1.82, 2.24) is 15.3 Å². The summed E-state index contributed by atoms with van der Waals surface area (Å²) in [7, 11) is 0. The molecular weight excluding hydrogens is 522 g/mol. The molecule has 0 atom stereocenters. The molecular formula is C31H45N5O5. The Balaban J connectivity index is 1.64. The van der Waals surface area contributed by atoms with E-state index in [9.17, 15) is 9.59 Å². The highest BCUT2D eigenvalue weighted by Crippen LogP contribution is 2.49. The molecule has 2 aliphatic carbocycles. The molecule has 1 aromatic carbocycles. The molecule has 0 unspecified atom stereocenters. The zero-order valence-electron chi connectivity index (χ0n) is 25.5. The van der Waals surface area contributed by atoms with Gasteiger partial charge in [0.25, 0.3) is 0 Å². The fourth-order valence-electron chi connectivity index (χ4n) is 5.95. The number of carbonyl (C=O) groups excluding carboxylic acids is 2. The number of aromatic nitrogens is 2. The van der Waals surface area contributed by atoms with Crippen LogP contribution in [-0.4, -0.2) is 59.5 Å². The Labute approximate surface area is 243 Å². The van der Waals surface area contributed by atoms with Crippen LogP contribution >= 0.6 is 0 Å². The number of nitrogens with one attached hydrogen (secondary N) is 1. The molecule has 1 heterocycles. The lowest BCUT2D eigenvalue weighted by Gasteiger charge is -2.38. The first-order chi connectivity index (χ1) is 19.3. The molecule has 224 valence electrons. The Hall–Kier alpha value is -3.56. The summed E-state index contributed by atoms with van der Waals surface area (Å²) in [5, 5.41) is 3.00. The first-order valence-electron chi connectivity index (χ1n) is 14.7. The number of fused-ring (bicyclic) bond motifs is 3. The number of hydrogen-bond acceptors (Lipinski definition) is 9. The van der Waals surface area contributed by atoms with Gasteiger partial charge in [-0.1, -0.05) is 13.8 Å². The summed E-state index contributed by atoms with van der Waals surface area (Å²) >= 11 is 0. The van der Waals surface area contributed by atoms with Crippen molar-refractivity contribution >= 4 is 23.6 Å². The molecule has 41 heavy (non-hydrogen) atoms. The maximum absolute atomic E-state index is 12.6. The van der Waals surface area contributed by atoms with Crippen LogP contribution in [0.5, 0.6) is 5.75 Å². The van der Waals surface area contributed by atoms with Crippen molar-refractivity contribution in [3.05, 3.63) is 29.6 Å². The third-order valence-corrected chi connectivity index (χ3v) is 7.68. The third kappa shape index (κ3) is 7.02. The minimum absolute atomic E-state index is 0.0216. The van der Waals surface area contributed by atoms with Gasteiger partial charge in [-0.05, 0) is 89.8 Å². The van der Waals surface area contributed by atoms with Gasteiger partial charge in [-0.2, -0.15) is 0 Å². The summed E-state index contributed by atoms with van der Waals surface area (Å²) in [5.41, 5.74) is 10.2. The molecule has 0 aliphatic heterocycles. The third-order valence-electron chi connectivity index (χ3n) is 7.68. The number of alkyl carbamates (subject to hydrolysis) is 1. The van der Waals surface area contributed by atoms with E-state index in [0.29, 0.717) is 25.4 Å². The van der Waals surface area contributed by atoms with Crippen LogP contribution in [0.15, 0.2) is 18.5 Å². The Morgan fingerprint density at radius 1 is 1.12 bits per heavy atom. The second-order valence-electron chi connectivity index (χ2n) is 12.5. The lowest BCUT2D eigenvalue weighted by atomic mass is 9.71. The van der Waals surface area contributed by atoms with E-state index in [1.807, 2.05) is 51.7 Å². The number of anilines is 2. The van der Waals surface area contributed by atoms with Crippen LogP contribution in [0.25, 0.3) is 11.3 Å². The highest BCUT2D eigenvalue weighted by molar-refractivity contribution is 5.85.